The predicted octanol–water partition coefficient (Wildman–Crippen LogP) is 6.70. The summed E-state index contributed by atoms with van der Waals surface area (Å²) in [7, 11) is 0. The van der Waals surface area contributed by atoms with Crippen LogP contribution in [0.5, 0.6) is 0 Å². The zero-order chi connectivity index (χ0) is 22.8. The number of fused-ring (bicyclic) bond motifs is 1. The predicted molar refractivity (Wildman–Crippen MR) is 131 cm³/mol. The minimum Gasteiger partial charge on any atom is -0.355 e. The first kappa shape index (κ1) is 21.2. The number of anilines is 2. The van der Waals surface area contributed by atoms with Crippen LogP contribution in [0, 0.1) is 5.82 Å². The maximum atomic E-state index is 13.2. The second-order valence-electron chi connectivity index (χ2n) is 7.96. The highest BCUT2D eigenvalue weighted by molar-refractivity contribution is 6.31. The minimum absolute atomic E-state index is 0.0000381. The van der Waals surface area contributed by atoms with E-state index in [2.05, 4.69) is 10.3 Å². The largest absolute Gasteiger partial charge is 0.355 e. The number of hydrogen-bond donors (Lipinski definition) is 1. The zero-order valence-electron chi connectivity index (χ0n) is 17.8. The minimum atomic E-state index is -0.244. The van der Waals surface area contributed by atoms with E-state index in [0.717, 1.165) is 39.8 Å². The van der Waals surface area contributed by atoms with Crippen LogP contribution in [0.15, 0.2) is 85.1 Å². The molecule has 164 valence electrons. The van der Waals surface area contributed by atoms with Crippen molar-refractivity contribution in [3.63, 3.8) is 0 Å². The van der Waals surface area contributed by atoms with Gasteiger partial charge in [-0.2, -0.15) is 0 Å². The molecule has 1 N–H and O–H groups in total. The number of hydrogen-bond acceptors (Lipinski definition) is 3. The summed E-state index contributed by atoms with van der Waals surface area (Å²) in [4.78, 5) is 19.2. The van der Waals surface area contributed by atoms with E-state index in [0.29, 0.717) is 23.7 Å². The summed E-state index contributed by atoms with van der Waals surface area (Å²) in [6, 6.07) is 21.5. The third-order valence-electron chi connectivity index (χ3n) is 5.83. The standard InChI is InChI=1S/C27H21ClFN3O/c28-21-5-10-24-25(11-14-30-26(24)17-21)31-23-8-3-20(4-9-23)27(33)32-15-12-19(13-16-32)18-1-6-22(29)7-2-18/h1-12,14,17H,13,15-16H2,(H,30,31). The molecule has 2 heterocycles. The molecule has 5 rings (SSSR count). The SMILES string of the molecule is O=C(c1ccc(Nc2ccnc3cc(Cl)ccc23)cc1)N1CC=C(c2ccc(F)cc2)CC1. The monoisotopic (exact) mass is 457 g/mol. The summed E-state index contributed by atoms with van der Waals surface area (Å²) in [6.07, 6.45) is 4.53. The summed E-state index contributed by atoms with van der Waals surface area (Å²) in [5.74, 6) is -0.244. The summed E-state index contributed by atoms with van der Waals surface area (Å²) in [5.41, 5.74) is 5.41. The second kappa shape index (κ2) is 9.04. The Balaban J connectivity index is 1.27. The number of amides is 1. The molecule has 3 aromatic carbocycles. The lowest BCUT2D eigenvalue weighted by molar-refractivity contribution is 0.0773. The molecular formula is C27H21ClFN3O. The van der Waals surface area contributed by atoms with Gasteiger partial charge in [0, 0.05) is 46.6 Å². The molecule has 1 aromatic heterocycles. The topological polar surface area (TPSA) is 45.2 Å². The fourth-order valence-corrected chi connectivity index (χ4v) is 4.21. The van der Waals surface area contributed by atoms with Crippen LogP contribution in [0.2, 0.25) is 5.02 Å². The van der Waals surface area contributed by atoms with Gasteiger partial charge in [0.1, 0.15) is 5.82 Å². The molecule has 0 saturated carbocycles. The Morgan fingerprint density at radius 2 is 1.79 bits per heavy atom. The van der Waals surface area contributed by atoms with Gasteiger partial charge in [-0.05, 0) is 78.2 Å². The lowest BCUT2D eigenvalue weighted by Gasteiger charge is -2.27. The highest BCUT2D eigenvalue weighted by atomic mass is 35.5. The van der Waals surface area contributed by atoms with Crippen LogP contribution < -0.4 is 5.32 Å². The van der Waals surface area contributed by atoms with Crippen molar-refractivity contribution in [2.45, 2.75) is 6.42 Å². The molecule has 0 spiro atoms. The van der Waals surface area contributed by atoms with E-state index < -0.39 is 0 Å². The van der Waals surface area contributed by atoms with Gasteiger partial charge in [-0.15, -0.1) is 0 Å². The molecule has 0 atom stereocenters. The molecule has 33 heavy (non-hydrogen) atoms. The first-order chi connectivity index (χ1) is 16.1. The Morgan fingerprint density at radius 1 is 1.00 bits per heavy atom. The van der Waals surface area contributed by atoms with Crippen molar-refractivity contribution in [2.24, 2.45) is 0 Å². The van der Waals surface area contributed by atoms with Crippen LogP contribution in [0.4, 0.5) is 15.8 Å². The summed E-state index contributed by atoms with van der Waals surface area (Å²) < 4.78 is 13.2. The highest BCUT2D eigenvalue weighted by Gasteiger charge is 2.19. The molecule has 0 unspecified atom stereocenters. The first-order valence-corrected chi connectivity index (χ1v) is 11.1. The molecular weight excluding hydrogens is 437 g/mol. The van der Waals surface area contributed by atoms with Gasteiger partial charge in [0.2, 0.25) is 0 Å². The van der Waals surface area contributed by atoms with E-state index in [4.69, 9.17) is 11.6 Å². The van der Waals surface area contributed by atoms with Crippen molar-refractivity contribution < 1.29 is 9.18 Å². The molecule has 0 fully saturated rings. The highest BCUT2D eigenvalue weighted by Crippen LogP contribution is 2.28. The fraction of sp³-hybridized carbons (Fsp3) is 0.111. The average molecular weight is 458 g/mol. The Kier molecular flexibility index (Phi) is 5.80. The molecule has 1 aliphatic heterocycles. The van der Waals surface area contributed by atoms with Gasteiger partial charge in [0.05, 0.1) is 5.52 Å². The van der Waals surface area contributed by atoms with E-state index in [1.807, 2.05) is 59.5 Å². The Morgan fingerprint density at radius 3 is 2.52 bits per heavy atom. The van der Waals surface area contributed by atoms with Gasteiger partial charge >= 0.3 is 0 Å². The lowest BCUT2D eigenvalue weighted by Crippen LogP contribution is -2.34. The van der Waals surface area contributed by atoms with Gasteiger partial charge in [0.15, 0.2) is 0 Å². The summed E-state index contributed by atoms with van der Waals surface area (Å²) in [6.45, 7) is 1.17. The lowest BCUT2D eigenvalue weighted by atomic mass is 9.99. The summed E-state index contributed by atoms with van der Waals surface area (Å²) in [5, 5.41) is 5.01. The van der Waals surface area contributed by atoms with Crippen molar-refractivity contribution in [1.82, 2.24) is 9.88 Å². The fourth-order valence-electron chi connectivity index (χ4n) is 4.04. The number of halogens is 2. The van der Waals surface area contributed by atoms with Crippen molar-refractivity contribution in [2.75, 3.05) is 18.4 Å². The number of nitrogens with one attached hydrogen (secondary N) is 1. The van der Waals surface area contributed by atoms with Gasteiger partial charge < -0.3 is 10.2 Å². The maximum Gasteiger partial charge on any atom is 0.254 e. The van der Waals surface area contributed by atoms with E-state index in [-0.39, 0.29) is 11.7 Å². The van der Waals surface area contributed by atoms with Crippen LogP contribution in [-0.4, -0.2) is 28.9 Å². The van der Waals surface area contributed by atoms with Gasteiger partial charge in [-0.1, -0.05) is 29.8 Å². The third-order valence-corrected chi connectivity index (χ3v) is 6.06. The van der Waals surface area contributed by atoms with Gasteiger partial charge in [0.25, 0.3) is 5.91 Å². The van der Waals surface area contributed by atoms with Gasteiger partial charge in [-0.25, -0.2) is 4.39 Å². The number of aromatic nitrogens is 1. The molecule has 0 aliphatic carbocycles. The quantitative estimate of drug-likeness (QED) is 0.371. The molecule has 0 saturated heterocycles. The average Bonchev–Trinajstić information content (AvgIpc) is 2.85. The maximum absolute atomic E-state index is 13.2. The number of rotatable bonds is 4. The third kappa shape index (κ3) is 4.59. The van der Waals surface area contributed by atoms with Crippen LogP contribution >= 0.6 is 11.6 Å². The van der Waals surface area contributed by atoms with E-state index in [9.17, 15) is 9.18 Å². The second-order valence-corrected chi connectivity index (χ2v) is 8.40. The molecule has 0 radical (unpaired) electrons. The van der Waals surface area contributed by atoms with Crippen LogP contribution in [0.1, 0.15) is 22.3 Å². The Hall–Kier alpha value is -3.70. The number of benzene rings is 3. The smallest absolute Gasteiger partial charge is 0.254 e. The molecule has 1 aliphatic rings. The van der Waals surface area contributed by atoms with Crippen molar-refractivity contribution in [1.29, 1.82) is 0 Å². The van der Waals surface area contributed by atoms with Crippen LogP contribution in [0.25, 0.3) is 16.5 Å². The van der Waals surface area contributed by atoms with Crippen LogP contribution in [0.3, 0.4) is 0 Å². The summed E-state index contributed by atoms with van der Waals surface area (Å²) >= 11 is 6.07. The molecule has 4 aromatic rings. The number of nitrogens with zero attached hydrogens (tertiary/aromatic N) is 2. The van der Waals surface area contributed by atoms with E-state index in [1.165, 1.54) is 12.1 Å². The molecule has 6 heteroatoms. The van der Waals surface area contributed by atoms with Crippen molar-refractivity contribution >= 4 is 45.4 Å². The molecule has 4 nitrogen and oxygen atoms in total. The first-order valence-electron chi connectivity index (χ1n) is 10.7. The van der Waals surface area contributed by atoms with Crippen molar-refractivity contribution in [3.05, 3.63) is 107 Å². The zero-order valence-corrected chi connectivity index (χ0v) is 18.5. The molecule has 1 amide bonds. The Bertz CT molecular complexity index is 1350. The van der Waals surface area contributed by atoms with Gasteiger partial charge in [-0.3, -0.25) is 9.78 Å². The number of carbonyl (C=O) groups excluding carboxylic acids is 1. The van der Waals surface area contributed by atoms with E-state index >= 15 is 0 Å². The Labute approximate surface area is 196 Å². The number of pyridine rings is 1. The van der Waals surface area contributed by atoms with Crippen LogP contribution in [-0.2, 0) is 0 Å². The normalized spacial score (nSPS) is 13.6. The van der Waals surface area contributed by atoms with Crippen molar-refractivity contribution in [3.8, 4) is 0 Å². The molecule has 0 bridgehead atoms. The van der Waals surface area contributed by atoms with E-state index in [1.54, 1.807) is 18.3 Å². The number of carbonyl (C=O) groups is 1.